The van der Waals surface area contributed by atoms with E-state index in [1.807, 2.05) is 12.1 Å². The summed E-state index contributed by atoms with van der Waals surface area (Å²) in [4.78, 5) is 20.3. The van der Waals surface area contributed by atoms with Crippen LogP contribution in [0.3, 0.4) is 0 Å². The maximum atomic E-state index is 12.9. The molecule has 5 nitrogen and oxygen atoms in total. The van der Waals surface area contributed by atoms with E-state index in [0.717, 1.165) is 4.47 Å². The highest BCUT2D eigenvalue weighted by Gasteiger charge is 2.09. The molecular formula is C17H12BrFN4O. The molecule has 0 radical (unpaired) electrons. The molecule has 1 aromatic heterocycles. The summed E-state index contributed by atoms with van der Waals surface area (Å²) in [7, 11) is 0. The highest BCUT2D eigenvalue weighted by atomic mass is 79.9. The molecule has 7 heteroatoms. The van der Waals surface area contributed by atoms with Crippen molar-refractivity contribution in [1.29, 1.82) is 0 Å². The smallest absolute Gasteiger partial charge is 0.274 e. The van der Waals surface area contributed by atoms with Crippen molar-refractivity contribution in [3.63, 3.8) is 0 Å². The van der Waals surface area contributed by atoms with Gasteiger partial charge < -0.3 is 10.6 Å². The number of anilines is 3. The third kappa shape index (κ3) is 4.14. The summed E-state index contributed by atoms with van der Waals surface area (Å²) >= 11 is 3.35. The number of carbonyl (C=O) groups is 1. The van der Waals surface area contributed by atoms with Gasteiger partial charge in [-0.2, -0.15) is 0 Å². The predicted octanol–water partition coefficient (Wildman–Crippen LogP) is 4.37. The molecule has 0 saturated heterocycles. The van der Waals surface area contributed by atoms with E-state index in [1.165, 1.54) is 24.5 Å². The van der Waals surface area contributed by atoms with E-state index in [2.05, 4.69) is 36.5 Å². The molecule has 0 unspecified atom stereocenters. The second kappa shape index (κ2) is 7.18. The zero-order valence-corrected chi connectivity index (χ0v) is 13.9. The van der Waals surface area contributed by atoms with Crippen LogP contribution in [-0.2, 0) is 0 Å². The average Bonchev–Trinajstić information content (AvgIpc) is 2.57. The van der Waals surface area contributed by atoms with Gasteiger partial charge in [-0.1, -0.05) is 22.0 Å². The highest BCUT2D eigenvalue weighted by Crippen LogP contribution is 2.18. The summed E-state index contributed by atoms with van der Waals surface area (Å²) in [5.74, 6) is -0.231. The van der Waals surface area contributed by atoms with Crippen molar-refractivity contribution in [2.24, 2.45) is 0 Å². The Morgan fingerprint density at radius 1 is 1.00 bits per heavy atom. The largest absolute Gasteiger partial charge is 0.340 e. The minimum Gasteiger partial charge on any atom is -0.340 e. The number of benzene rings is 2. The lowest BCUT2D eigenvalue weighted by Gasteiger charge is -2.08. The zero-order chi connectivity index (χ0) is 16.9. The van der Waals surface area contributed by atoms with Crippen LogP contribution in [0.25, 0.3) is 0 Å². The van der Waals surface area contributed by atoms with Crippen molar-refractivity contribution in [2.75, 3.05) is 10.6 Å². The number of nitrogens with one attached hydrogen (secondary N) is 2. The Bertz CT molecular complexity index is 870. The fraction of sp³-hybridized carbons (Fsp3) is 0. The van der Waals surface area contributed by atoms with Crippen LogP contribution in [0, 0.1) is 5.82 Å². The number of aromatic nitrogens is 2. The number of carbonyl (C=O) groups excluding carboxylic acids is 1. The van der Waals surface area contributed by atoms with Gasteiger partial charge in [-0.05, 0) is 42.5 Å². The second-order valence-corrected chi connectivity index (χ2v) is 5.80. The van der Waals surface area contributed by atoms with Gasteiger partial charge in [-0.15, -0.1) is 0 Å². The lowest BCUT2D eigenvalue weighted by molar-refractivity contribution is 0.102. The van der Waals surface area contributed by atoms with Crippen LogP contribution in [0.1, 0.15) is 10.5 Å². The highest BCUT2D eigenvalue weighted by molar-refractivity contribution is 9.10. The van der Waals surface area contributed by atoms with E-state index in [-0.39, 0.29) is 17.4 Å². The Morgan fingerprint density at radius 2 is 1.79 bits per heavy atom. The fourth-order valence-electron chi connectivity index (χ4n) is 1.99. The van der Waals surface area contributed by atoms with Gasteiger partial charge in [0.25, 0.3) is 5.91 Å². The lowest BCUT2D eigenvalue weighted by atomic mass is 10.3. The molecule has 3 rings (SSSR count). The van der Waals surface area contributed by atoms with Crippen molar-refractivity contribution in [1.82, 2.24) is 9.97 Å². The molecule has 0 fully saturated rings. The molecule has 0 aliphatic heterocycles. The van der Waals surface area contributed by atoms with Crippen LogP contribution in [-0.4, -0.2) is 15.9 Å². The SMILES string of the molecule is O=C(Nc1cccc(Br)c1)c1cc(Nc2ccc(F)cc2)ncn1. The average molecular weight is 387 g/mol. The Kier molecular flexibility index (Phi) is 4.81. The van der Waals surface area contributed by atoms with Crippen LogP contribution in [0.4, 0.5) is 21.6 Å². The number of hydrogen-bond donors (Lipinski definition) is 2. The number of nitrogens with zero attached hydrogens (tertiary/aromatic N) is 2. The summed E-state index contributed by atoms with van der Waals surface area (Å²) in [6, 6.07) is 14.6. The fourth-order valence-corrected chi connectivity index (χ4v) is 2.39. The van der Waals surface area contributed by atoms with Crippen LogP contribution in [0.2, 0.25) is 0 Å². The molecule has 0 atom stereocenters. The van der Waals surface area contributed by atoms with E-state index >= 15 is 0 Å². The summed E-state index contributed by atoms with van der Waals surface area (Å²) in [5, 5.41) is 5.76. The van der Waals surface area contributed by atoms with E-state index in [1.54, 1.807) is 24.3 Å². The Morgan fingerprint density at radius 3 is 2.54 bits per heavy atom. The van der Waals surface area contributed by atoms with Gasteiger partial charge >= 0.3 is 0 Å². The van der Waals surface area contributed by atoms with E-state index in [9.17, 15) is 9.18 Å². The van der Waals surface area contributed by atoms with Gasteiger partial charge in [-0.25, -0.2) is 14.4 Å². The van der Waals surface area contributed by atoms with E-state index in [0.29, 0.717) is 17.2 Å². The normalized spacial score (nSPS) is 10.2. The van der Waals surface area contributed by atoms with Crippen LogP contribution >= 0.6 is 15.9 Å². The molecular weight excluding hydrogens is 375 g/mol. The Balaban J connectivity index is 1.74. The van der Waals surface area contributed by atoms with Crippen molar-refractivity contribution < 1.29 is 9.18 Å². The van der Waals surface area contributed by atoms with Crippen molar-refractivity contribution in [2.45, 2.75) is 0 Å². The molecule has 0 saturated carbocycles. The molecule has 120 valence electrons. The van der Waals surface area contributed by atoms with Crippen molar-refractivity contribution in [3.8, 4) is 0 Å². The maximum Gasteiger partial charge on any atom is 0.274 e. The summed E-state index contributed by atoms with van der Waals surface area (Å²) in [6.45, 7) is 0. The van der Waals surface area contributed by atoms with Crippen LogP contribution in [0.5, 0.6) is 0 Å². The molecule has 2 aromatic carbocycles. The summed E-state index contributed by atoms with van der Waals surface area (Å²) in [5.41, 5.74) is 1.53. The Hall–Kier alpha value is -2.80. The summed E-state index contributed by atoms with van der Waals surface area (Å²) in [6.07, 6.45) is 1.29. The third-order valence-electron chi connectivity index (χ3n) is 3.10. The first-order valence-electron chi connectivity index (χ1n) is 7.02. The first-order valence-corrected chi connectivity index (χ1v) is 7.81. The molecule has 0 spiro atoms. The maximum absolute atomic E-state index is 12.9. The van der Waals surface area contributed by atoms with E-state index in [4.69, 9.17) is 0 Å². The minimum atomic E-state index is -0.349. The first-order chi connectivity index (χ1) is 11.6. The lowest BCUT2D eigenvalue weighted by Crippen LogP contribution is -2.14. The zero-order valence-electron chi connectivity index (χ0n) is 12.3. The molecule has 3 aromatic rings. The van der Waals surface area contributed by atoms with Crippen LogP contribution in [0.15, 0.2) is 65.4 Å². The molecule has 1 heterocycles. The molecule has 1 amide bonds. The molecule has 0 aliphatic carbocycles. The molecule has 0 aliphatic rings. The minimum absolute atomic E-state index is 0.217. The summed E-state index contributed by atoms with van der Waals surface area (Å²) < 4.78 is 13.8. The molecule has 24 heavy (non-hydrogen) atoms. The third-order valence-corrected chi connectivity index (χ3v) is 3.59. The number of halogens is 2. The topological polar surface area (TPSA) is 66.9 Å². The quantitative estimate of drug-likeness (QED) is 0.698. The van der Waals surface area contributed by atoms with Crippen molar-refractivity contribution >= 4 is 39.0 Å². The standard InChI is InChI=1S/C17H12BrFN4O/c18-11-2-1-3-14(8-11)23-17(24)15-9-16(21-10-20-15)22-13-6-4-12(19)5-7-13/h1-10H,(H,23,24)(H,20,21,22). The van der Waals surface area contributed by atoms with Gasteiger partial charge in [-0.3, -0.25) is 4.79 Å². The Labute approximate surface area is 146 Å². The predicted molar refractivity (Wildman–Crippen MR) is 93.8 cm³/mol. The van der Waals surface area contributed by atoms with Gasteiger partial charge in [0.05, 0.1) is 0 Å². The van der Waals surface area contributed by atoms with Gasteiger partial charge in [0.1, 0.15) is 23.7 Å². The van der Waals surface area contributed by atoms with Gasteiger partial charge in [0, 0.05) is 21.9 Å². The first kappa shape index (κ1) is 16.1. The number of rotatable bonds is 4. The van der Waals surface area contributed by atoms with Gasteiger partial charge in [0.15, 0.2) is 0 Å². The van der Waals surface area contributed by atoms with Gasteiger partial charge in [0.2, 0.25) is 0 Å². The van der Waals surface area contributed by atoms with Crippen molar-refractivity contribution in [3.05, 3.63) is 76.9 Å². The van der Waals surface area contributed by atoms with Crippen LogP contribution < -0.4 is 10.6 Å². The second-order valence-electron chi connectivity index (χ2n) is 4.88. The molecule has 2 N–H and O–H groups in total. The molecule has 0 bridgehead atoms. The number of amides is 1. The van der Waals surface area contributed by atoms with E-state index < -0.39 is 0 Å². The monoisotopic (exact) mass is 386 g/mol. The number of hydrogen-bond acceptors (Lipinski definition) is 4.